The molecule has 1 heterocycles. The van der Waals surface area contributed by atoms with Crippen LogP contribution in [0.25, 0.3) is 0 Å². The van der Waals surface area contributed by atoms with Crippen LogP contribution in [-0.4, -0.2) is 18.2 Å². The lowest BCUT2D eigenvalue weighted by Gasteiger charge is -2.03. The monoisotopic (exact) mass is 114 g/mol. The topological polar surface area (TPSA) is 36.8 Å². The molecule has 0 fully saturated rings. The molecule has 0 bridgehead atoms. The molecule has 0 aliphatic carbocycles. The van der Waals surface area contributed by atoms with E-state index in [0.29, 0.717) is 0 Å². The van der Waals surface area contributed by atoms with Gasteiger partial charge in [0.2, 0.25) is 0 Å². The van der Waals surface area contributed by atoms with Gasteiger partial charge in [0.1, 0.15) is 6.34 Å². The first-order chi connectivity index (χ1) is 3.39. The molecule has 1 radical (unpaired) electrons. The van der Waals surface area contributed by atoms with Gasteiger partial charge in [-0.15, -0.1) is 0 Å². The van der Waals surface area contributed by atoms with Crippen molar-refractivity contribution in [3.63, 3.8) is 0 Å². The molecular formula is C3H4N3S. The van der Waals surface area contributed by atoms with Crippen LogP contribution in [0.15, 0.2) is 9.98 Å². The summed E-state index contributed by atoms with van der Waals surface area (Å²) < 4.78 is 0. The molecule has 1 unspecified atom stereocenters. The van der Waals surface area contributed by atoms with E-state index in [9.17, 15) is 0 Å². The summed E-state index contributed by atoms with van der Waals surface area (Å²) in [6.45, 7) is 0. The Hall–Kier alpha value is -0.510. The number of rotatable bonds is 0. The van der Waals surface area contributed by atoms with Gasteiger partial charge in [-0.25, -0.2) is 9.98 Å². The Bertz CT molecular complexity index is 109. The maximum absolute atomic E-state index is 4.69. The predicted molar refractivity (Wildman–Crippen MR) is 31.5 cm³/mol. The molecule has 37 valence electrons. The van der Waals surface area contributed by atoms with Crippen molar-refractivity contribution in [2.45, 2.75) is 5.50 Å². The molecule has 0 saturated heterocycles. The molecule has 1 aliphatic rings. The molecule has 0 aromatic heterocycles. The second-order valence-corrected chi connectivity index (χ2v) is 1.51. The van der Waals surface area contributed by atoms with Gasteiger partial charge >= 0.3 is 0 Å². The van der Waals surface area contributed by atoms with Gasteiger partial charge in [-0.2, -0.15) is 0 Å². The zero-order valence-corrected chi connectivity index (χ0v) is 4.35. The first-order valence-corrected chi connectivity index (χ1v) is 2.32. The van der Waals surface area contributed by atoms with Crippen molar-refractivity contribution in [1.29, 1.82) is 0 Å². The third-order valence-electron chi connectivity index (χ3n) is 0.560. The molecule has 3 nitrogen and oxygen atoms in total. The molecular weight excluding hydrogens is 110 g/mol. The van der Waals surface area contributed by atoms with Gasteiger partial charge in [-0.3, -0.25) is 0 Å². The Morgan fingerprint density at radius 3 is 2.86 bits per heavy atom. The van der Waals surface area contributed by atoms with E-state index in [1.54, 1.807) is 0 Å². The third kappa shape index (κ3) is 1.19. The van der Waals surface area contributed by atoms with Gasteiger partial charge in [-0.05, 0) is 12.6 Å². The van der Waals surface area contributed by atoms with Crippen molar-refractivity contribution in [3.05, 3.63) is 0 Å². The van der Waals surface area contributed by atoms with E-state index < -0.39 is 0 Å². The first-order valence-electron chi connectivity index (χ1n) is 1.85. The van der Waals surface area contributed by atoms with Crippen molar-refractivity contribution in [2.75, 3.05) is 0 Å². The molecule has 0 aromatic rings. The average Bonchev–Trinajstić information content (AvgIpc) is 1.69. The summed E-state index contributed by atoms with van der Waals surface area (Å²) in [6, 6.07) is 0. The maximum Gasteiger partial charge on any atom is 0.178 e. The lowest BCUT2D eigenvalue weighted by molar-refractivity contribution is 0.873. The van der Waals surface area contributed by atoms with Gasteiger partial charge in [0.05, 0.1) is 6.34 Å². The Morgan fingerprint density at radius 2 is 2.57 bits per heavy atom. The van der Waals surface area contributed by atoms with Crippen LogP contribution >= 0.6 is 12.6 Å². The van der Waals surface area contributed by atoms with Crippen LogP contribution in [0.1, 0.15) is 0 Å². The van der Waals surface area contributed by atoms with Crippen molar-refractivity contribution >= 4 is 25.3 Å². The van der Waals surface area contributed by atoms with E-state index in [1.165, 1.54) is 12.7 Å². The highest BCUT2D eigenvalue weighted by Gasteiger charge is 1.94. The van der Waals surface area contributed by atoms with Crippen LogP contribution in [0.5, 0.6) is 0 Å². The fraction of sp³-hybridized carbons (Fsp3) is 0.333. The Kier molecular flexibility index (Phi) is 1.31. The molecule has 1 atom stereocenters. The van der Waals surface area contributed by atoms with Crippen LogP contribution in [-0.2, 0) is 0 Å². The van der Waals surface area contributed by atoms with Crippen LogP contribution in [0.2, 0.25) is 0 Å². The van der Waals surface area contributed by atoms with E-state index in [4.69, 9.17) is 0 Å². The lowest BCUT2D eigenvalue weighted by atomic mass is 10.9. The summed E-state index contributed by atoms with van der Waals surface area (Å²) in [4.78, 5) is 7.34. The minimum Gasteiger partial charge on any atom is -0.345 e. The smallest absolute Gasteiger partial charge is 0.178 e. The maximum atomic E-state index is 4.69. The SMILES string of the molecule is [S]C1N=CN=CN1. The van der Waals surface area contributed by atoms with Crippen molar-refractivity contribution in [3.8, 4) is 0 Å². The Balaban J connectivity index is 2.49. The van der Waals surface area contributed by atoms with Crippen LogP contribution in [0.3, 0.4) is 0 Å². The number of nitrogens with zero attached hydrogens (tertiary/aromatic N) is 2. The lowest BCUT2D eigenvalue weighted by Crippen LogP contribution is -2.22. The van der Waals surface area contributed by atoms with E-state index >= 15 is 0 Å². The predicted octanol–water partition coefficient (Wildman–Crippen LogP) is 0.127. The normalized spacial score (nSPS) is 27.3. The summed E-state index contributed by atoms with van der Waals surface area (Å²) >= 11 is 4.69. The van der Waals surface area contributed by atoms with E-state index in [2.05, 4.69) is 27.9 Å². The average molecular weight is 114 g/mol. The van der Waals surface area contributed by atoms with Crippen molar-refractivity contribution in [1.82, 2.24) is 5.32 Å². The standard InChI is InChI=1S/C3H4N3S/c7-3-5-1-4-2-6-3/h1-3H,(H,4,5,6). The van der Waals surface area contributed by atoms with E-state index in [-0.39, 0.29) is 5.50 Å². The van der Waals surface area contributed by atoms with Crippen LogP contribution < -0.4 is 5.32 Å². The number of hydrogen-bond acceptors (Lipinski definition) is 3. The summed E-state index contributed by atoms with van der Waals surface area (Å²) in [5.41, 5.74) is -0.211. The van der Waals surface area contributed by atoms with Gasteiger partial charge in [0, 0.05) is 0 Å². The fourth-order valence-corrected chi connectivity index (χ4v) is 0.397. The molecule has 0 saturated carbocycles. The quantitative estimate of drug-likeness (QED) is 0.477. The second-order valence-electron chi connectivity index (χ2n) is 1.06. The number of hydrogen-bond donors (Lipinski definition) is 1. The van der Waals surface area contributed by atoms with Crippen LogP contribution in [0.4, 0.5) is 0 Å². The number of aliphatic imine (C=N–C) groups is 2. The highest BCUT2D eigenvalue weighted by atomic mass is 32.1. The Morgan fingerprint density at radius 1 is 1.71 bits per heavy atom. The molecule has 0 amide bonds. The summed E-state index contributed by atoms with van der Waals surface area (Å²) in [6.07, 6.45) is 2.97. The molecule has 1 N–H and O–H groups in total. The van der Waals surface area contributed by atoms with Crippen molar-refractivity contribution < 1.29 is 0 Å². The van der Waals surface area contributed by atoms with Gasteiger partial charge in [0.25, 0.3) is 0 Å². The molecule has 1 rings (SSSR count). The molecule has 4 heteroatoms. The minimum atomic E-state index is -0.211. The van der Waals surface area contributed by atoms with Gasteiger partial charge in [0.15, 0.2) is 5.50 Å². The summed E-state index contributed by atoms with van der Waals surface area (Å²) in [5, 5.41) is 2.71. The largest absolute Gasteiger partial charge is 0.345 e. The first kappa shape index (κ1) is 4.64. The minimum absolute atomic E-state index is 0.211. The van der Waals surface area contributed by atoms with Crippen LogP contribution in [0, 0.1) is 0 Å². The zero-order chi connectivity index (χ0) is 5.11. The zero-order valence-electron chi connectivity index (χ0n) is 3.53. The highest BCUT2D eigenvalue weighted by Crippen LogP contribution is 1.90. The third-order valence-corrected chi connectivity index (χ3v) is 0.818. The second kappa shape index (κ2) is 1.97. The van der Waals surface area contributed by atoms with Crippen molar-refractivity contribution in [2.24, 2.45) is 9.98 Å². The number of nitrogens with one attached hydrogen (secondary N) is 1. The van der Waals surface area contributed by atoms with E-state index in [1.807, 2.05) is 0 Å². The van der Waals surface area contributed by atoms with Gasteiger partial charge < -0.3 is 5.32 Å². The van der Waals surface area contributed by atoms with E-state index in [0.717, 1.165) is 0 Å². The molecule has 0 aromatic carbocycles. The molecule has 0 spiro atoms. The van der Waals surface area contributed by atoms with Gasteiger partial charge in [-0.1, -0.05) is 0 Å². The summed E-state index contributed by atoms with van der Waals surface area (Å²) in [5.74, 6) is 0. The molecule has 7 heavy (non-hydrogen) atoms. The Labute approximate surface area is 47.0 Å². The summed E-state index contributed by atoms with van der Waals surface area (Å²) in [7, 11) is 0. The fourth-order valence-electron chi connectivity index (χ4n) is 0.282. The molecule has 1 aliphatic heterocycles. The highest BCUT2D eigenvalue weighted by molar-refractivity contribution is 7.80.